The van der Waals surface area contributed by atoms with Crippen molar-refractivity contribution >= 4 is 29.2 Å². The lowest BCUT2D eigenvalue weighted by molar-refractivity contribution is 0.0998. The number of primary amides is 1. The normalized spacial score (nSPS) is 17.3. The zero-order valence-corrected chi connectivity index (χ0v) is 14.7. The highest BCUT2D eigenvalue weighted by Gasteiger charge is 2.45. The Balaban J connectivity index is 1.86. The number of halogens is 1. The number of fused-ring (bicyclic) bond motifs is 2. The second-order valence-corrected chi connectivity index (χ2v) is 7.03. The third-order valence-electron chi connectivity index (χ3n) is 5.02. The van der Waals surface area contributed by atoms with Crippen LogP contribution in [-0.2, 0) is 5.54 Å². The number of hydrogen-bond donors (Lipinski definition) is 3. The largest absolute Gasteiger partial charge is 0.456 e. The van der Waals surface area contributed by atoms with Crippen molar-refractivity contribution in [2.75, 3.05) is 5.32 Å². The Morgan fingerprint density at radius 1 is 1.12 bits per heavy atom. The number of amides is 3. The molecule has 0 saturated heterocycles. The second-order valence-electron chi connectivity index (χ2n) is 6.63. The Bertz CT molecular complexity index is 907. The smallest absolute Gasteiger partial charge is 0.319 e. The van der Waals surface area contributed by atoms with E-state index in [0.29, 0.717) is 27.8 Å². The molecule has 7 heteroatoms. The number of hydrogen-bond acceptors (Lipinski definition) is 3. The number of para-hydroxylation sites is 1. The zero-order chi connectivity index (χ0) is 18.3. The Kier molecular flexibility index (Phi) is 4.00. The van der Waals surface area contributed by atoms with Crippen molar-refractivity contribution in [3.8, 4) is 11.5 Å². The summed E-state index contributed by atoms with van der Waals surface area (Å²) in [6.07, 6.45) is 3.62. The van der Waals surface area contributed by atoms with E-state index in [9.17, 15) is 9.59 Å². The Labute approximate surface area is 155 Å². The molecule has 0 radical (unpaired) electrons. The molecule has 1 aliphatic heterocycles. The third-order valence-corrected chi connectivity index (χ3v) is 5.33. The van der Waals surface area contributed by atoms with Gasteiger partial charge in [-0.15, -0.1) is 0 Å². The van der Waals surface area contributed by atoms with E-state index in [4.69, 9.17) is 22.1 Å². The highest BCUT2D eigenvalue weighted by molar-refractivity contribution is 6.34. The molecule has 1 heterocycles. The summed E-state index contributed by atoms with van der Waals surface area (Å²) in [4.78, 5) is 23.9. The van der Waals surface area contributed by atoms with Crippen molar-refractivity contribution in [3.05, 3.63) is 52.5 Å². The van der Waals surface area contributed by atoms with Crippen molar-refractivity contribution < 1.29 is 14.3 Å². The quantitative estimate of drug-likeness (QED) is 0.757. The maximum atomic E-state index is 12.2. The van der Waals surface area contributed by atoms with Gasteiger partial charge in [0.2, 0.25) is 0 Å². The molecule has 2 aromatic rings. The zero-order valence-electron chi connectivity index (χ0n) is 14.0. The van der Waals surface area contributed by atoms with E-state index < -0.39 is 11.4 Å². The van der Waals surface area contributed by atoms with Crippen LogP contribution in [0.15, 0.2) is 36.4 Å². The van der Waals surface area contributed by atoms with Gasteiger partial charge in [-0.25, -0.2) is 4.79 Å². The number of nitrogens with one attached hydrogen (secondary N) is 2. The van der Waals surface area contributed by atoms with Gasteiger partial charge < -0.3 is 21.1 Å². The summed E-state index contributed by atoms with van der Waals surface area (Å²) in [7, 11) is 0. The van der Waals surface area contributed by atoms with Crippen LogP contribution in [0.25, 0.3) is 0 Å². The molecule has 4 rings (SSSR count). The van der Waals surface area contributed by atoms with E-state index in [0.717, 1.165) is 31.2 Å². The molecule has 134 valence electrons. The molecule has 1 saturated carbocycles. The summed E-state index contributed by atoms with van der Waals surface area (Å²) in [5.41, 5.74) is 6.62. The number of anilines is 1. The summed E-state index contributed by atoms with van der Waals surface area (Å²) in [6, 6.07) is 9.98. The first kappa shape index (κ1) is 16.7. The maximum Gasteiger partial charge on any atom is 0.319 e. The van der Waals surface area contributed by atoms with Crippen LogP contribution < -0.4 is 21.1 Å². The number of benzene rings is 2. The number of rotatable bonds is 3. The first-order valence-corrected chi connectivity index (χ1v) is 8.87. The number of carbonyl (C=O) groups is 2. The molecular weight excluding hydrogens is 354 g/mol. The van der Waals surface area contributed by atoms with Gasteiger partial charge in [0.05, 0.1) is 21.8 Å². The fourth-order valence-electron chi connectivity index (χ4n) is 3.90. The van der Waals surface area contributed by atoms with Gasteiger partial charge >= 0.3 is 6.03 Å². The van der Waals surface area contributed by atoms with Gasteiger partial charge in [0.1, 0.15) is 11.5 Å². The second kappa shape index (κ2) is 6.21. The van der Waals surface area contributed by atoms with E-state index in [-0.39, 0.29) is 6.03 Å². The van der Waals surface area contributed by atoms with Crippen molar-refractivity contribution in [2.45, 2.75) is 31.2 Å². The van der Waals surface area contributed by atoms with E-state index >= 15 is 0 Å². The van der Waals surface area contributed by atoms with Gasteiger partial charge in [-0.1, -0.05) is 36.6 Å². The Hall–Kier alpha value is -2.73. The molecule has 4 N–H and O–H groups in total. The van der Waals surface area contributed by atoms with Crippen molar-refractivity contribution in [2.24, 2.45) is 5.73 Å². The van der Waals surface area contributed by atoms with Crippen LogP contribution in [0.1, 0.15) is 41.6 Å². The minimum atomic E-state index is -0.564. The predicted octanol–water partition coefficient (Wildman–Crippen LogP) is 4.14. The molecule has 3 amide bonds. The summed E-state index contributed by atoms with van der Waals surface area (Å²) in [5.74, 6) is 0.354. The van der Waals surface area contributed by atoms with Gasteiger partial charge in [-0.3, -0.25) is 4.79 Å². The fourth-order valence-corrected chi connectivity index (χ4v) is 4.10. The van der Waals surface area contributed by atoms with Gasteiger partial charge in [0.25, 0.3) is 5.91 Å². The lowest BCUT2D eigenvalue weighted by Gasteiger charge is -2.38. The minimum Gasteiger partial charge on any atom is -0.456 e. The molecule has 1 spiro atoms. The molecule has 0 aromatic heterocycles. The highest BCUT2D eigenvalue weighted by atomic mass is 35.5. The summed E-state index contributed by atoms with van der Waals surface area (Å²) in [5, 5.41) is 6.30. The summed E-state index contributed by atoms with van der Waals surface area (Å²) < 4.78 is 6.10. The van der Waals surface area contributed by atoms with E-state index in [1.54, 1.807) is 36.4 Å². The van der Waals surface area contributed by atoms with E-state index in [2.05, 4.69) is 10.6 Å². The average Bonchev–Trinajstić information content (AvgIpc) is 3.06. The molecular formula is C19H18ClN3O3. The molecule has 1 aliphatic carbocycles. The number of urea groups is 1. The van der Waals surface area contributed by atoms with E-state index in [1.165, 1.54) is 0 Å². The minimum absolute atomic E-state index is 0.268. The van der Waals surface area contributed by atoms with Gasteiger partial charge in [-0.05, 0) is 37.1 Å². The van der Waals surface area contributed by atoms with Crippen LogP contribution in [0, 0.1) is 0 Å². The van der Waals surface area contributed by atoms with Crippen LogP contribution in [0.5, 0.6) is 11.5 Å². The first-order chi connectivity index (χ1) is 12.5. The molecule has 6 nitrogen and oxygen atoms in total. The Morgan fingerprint density at radius 3 is 2.58 bits per heavy atom. The predicted molar refractivity (Wildman–Crippen MR) is 98.8 cm³/mol. The van der Waals surface area contributed by atoms with Gasteiger partial charge in [0.15, 0.2) is 0 Å². The van der Waals surface area contributed by atoms with E-state index in [1.807, 2.05) is 0 Å². The van der Waals surface area contributed by atoms with Crippen molar-refractivity contribution in [1.82, 2.24) is 5.32 Å². The molecule has 2 aromatic carbocycles. The van der Waals surface area contributed by atoms with Crippen LogP contribution in [-0.4, -0.2) is 11.9 Å². The summed E-state index contributed by atoms with van der Waals surface area (Å²) >= 11 is 6.35. The van der Waals surface area contributed by atoms with Gasteiger partial charge in [-0.2, -0.15) is 0 Å². The summed E-state index contributed by atoms with van der Waals surface area (Å²) in [6.45, 7) is 0. The van der Waals surface area contributed by atoms with Crippen LogP contribution in [0.4, 0.5) is 10.5 Å². The molecule has 26 heavy (non-hydrogen) atoms. The van der Waals surface area contributed by atoms with Gasteiger partial charge in [0, 0.05) is 5.56 Å². The Morgan fingerprint density at radius 2 is 1.85 bits per heavy atom. The lowest BCUT2D eigenvalue weighted by atomic mass is 9.84. The van der Waals surface area contributed by atoms with Crippen molar-refractivity contribution in [1.29, 1.82) is 0 Å². The number of nitrogens with two attached hydrogens (primary N) is 1. The molecule has 0 bridgehead atoms. The maximum absolute atomic E-state index is 12.2. The standard InChI is InChI=1S/C19H18ClN3O3/c20-12-7-8-14(26-13-6-2-1-5-11(13)17(21)24)15-16(12)22-18(25)23-19(15)9-3-4-10-19/h1-2,5-8H,3-4,9-10H2,(H2,21,24)(H2,22,23,25). The van der Waals surface area contributed by atoms with Crippen LogP contribution in [0.2, 0.25) is 5.02 Å². The van der Waals surface area contributed by atoms with Crippen LogP contribution in [0.3, 0.4) is 0 Å². The molecule has 0 atom stereocenters. The molecule has 2 aliphatic rings. The fraction of sp³-hybridized carbons (Fsp3) is 0.263. The topological polar surface area (TPSA) is 93.5 Å². The third kappa shape index (κ3) is 2.66. The first-order valence-electron chi connectivity index (χ1n) is 8.49. The number of carbonyl (C=O) groups excluding carboxylic acids is 2. The monoisotopic (exact) mass is 371 g/mol. The molecule has 0 unspecified atom stereocenters. The lowest BCUT2D eigenvalue weighted by Crippen LogP contribution is -2.50. The van der Waals surface area contributed by atoms with Crippen LogP contribution >= 0.6 is 11.6 Å². The average molecular weight is 372 g/mol. The molecule has 1 fully saturated rings. The van der Waals surface area contributed by atoms with Crippen molar-refractivity contribution in [3.63, 3.8) is 0 Å². The SMILES string of the molecule is NC(=O)c1ccccc1Oc1ccc(Cl)c2c1C1(CCCC1)NC(=O)N2. The number of ether oxygens (including phenoxy) is 1. The highest BCUT2D eigenvalue weighted by Crippen LogP contribution is 2.51.